The summed E-state index contributed by atoms with van der Waals surface area (Å²) in [5.41, 5.74) is 0. The first-order valence-corrected chi connectivity index (χ1v) is 10.5. The molecule has 0 aromatic rings. The highest BCUT2D eigenvalue weighted by molar-refractivity contribution is 8.00. The molecule has 0 aliphatic carbocycles. The zero-order valence-electron chi connectivity index (χ0n) is 15.1. The van der Waals surface area contributed by atoms with E-state index in [9.17, 15) is 19.2 Å². The zero-order chi connectivity index (χ0) is 19.4. The highest BCUT2D eigenvalue weighted by atomic mass is 32.2. The molecule has 4 amide bonds. The van der Waals surface area contributed by atoms with E-state index < -0.39 is 18.6 Å². The van der Waals surface area contributed by atoms with Gasteiger partial charge in [0.25, 0.3) is 0 Å². The van der Waals surface area contributed by atoms with Crippen molar-refractivity contribution in [1.29, 1.82) is 0 Å². The van der Waals surface area contributed by atoms with Gasteiger partial charge < -0.3 is 26.0 Å². The van der Waals surface area contributed by atoms with Gasteiger partial charge >= 0.3 is 12.0 Å². The van der Waals surface area contributed by atoms with Crippen LogP contribution in [0.2, 0.25) is 0 Å². The van der Waals surface area contributed by atoms with Gasteiger partial charge in [0.1, 0.15) is 12.6 Å². The van der Waals surface area contributed by atoms with Crippen LogP contribution in [0, 0.1) is 0 Å². The molecule has 0 bridgehead atoms. The summed E-state index contributed by atoms with van der Waals surface area (Å²) in [5, 5.41) is 17.3. The number of amides is 4. The van der Waals surface area contributed by atoms with Crippen molar-refractivity contribution in [3.63, 3.8) is 0 Å². The quantitative estimate of drug-likeness (QED) is 0.334. The number of fused-ring (bicyclic) bond motifs is 1. The maximum absolute atomic E-state index is 12.5. The number of nitrogens with zero attached hydrogens (tertiary/aromatic N) is 1. The number of aliphatic carboxylic acids is 1. The fourth-order valence-electron chi connectivity index (χ4n) is 4.03. The van der Waals surface area contributed by atoms with Gasteiger partial charge in [-0.15, -0.1) is 0 Å². The van der Waals surface area contributed by atoms with Crippen LogP contribution in [0.4, 0.5) is 4.79 Å². The van der Waals surface area contributed by atoms with E-state index in [2.05, 4.69) is 16.0 Å². The van der Waals surface area contributed by atoms with Gasteiger partial charge in [-0.1, -0.05) is 6.42 Å². The van der Waals surface area contributed by atoms with Gasteiger partial charge in [0.05, 0.1) is 12.1 Å². The lowest BCUT2D eigenvalue weighted by molar-refractivity contribution is -0.141. The minimum absolute atomic E-state index is 0.0456. The third-order valence-electron chi connectivity index (χ3n) is 5.36. The molecule has 3 heterocycles. The predicted molar refractivity (Wildman–Crippen MR) is 99.3 cm³/mol. The Balaban J connectivity index is 1.38. The largest absolute Gasteiger partial charge is 0.480 e. The molecule has 0 aromatic heterocycles. The van der Waals surface area contributed by atoms with E-state index in [1.165, 1.54) is 0 Å². The molecule has 0 radical (unpaired) electrons. The number of unbranched alkanes of at least 4 members (excludes halogenated alkanes) is 1. The number of hydrogen-bond donors (Lipinski definition) is 4. The number of rotatable bonds is 8. The number of carboxylic acid groups (broad SMARTS) is 1. The molecule has 3 saturated heterocycles. The Morgan fingerprint density at radius 3 is 2.85 bits per heavy atom. The Bertz CT molecular complexity index is 616. The molecule has 0 unspecified atom stereocenters. The number of thioether (sulfide) groups is 1. The van der Waals surface area contributed by atoms with E-state index in [1.807, 2.05) is 11.8 Å². The molecule has 9 nitrogen and oxygen atoms in total. The van der Waals surface area contributed by atoms with Crippen LogP contribution in [0.5, 0.6) is 0 Å². The third kappa shape index (κ3) is 4.85. The summed E-state index contributed by atoms with van der Waals surface area (Å²) in [6, 6.07) is -0.252. The average Bonchev–Trinajstić information content (AvgIpc) is 3.32. The van der Waals surface area contributed by atoms with Crippen molar-refractivity contribution in [3.8, 4) is 0 Å². The number of hydrogen-bond acceptors (Lipinski definition) is 5. The second-order valence-corrected chi connectivity index (χ2v) is 8.50. The molecule has 150 valence electrons. The van der Waals surface area contributed by atoms with E-state index in [1.54, 1.807) is 4.90 Å². The second kappa shape index (κ2) is 8.81. The monoisotopic (exact) mass is 398 g/mol. The van der Waals surface area contributed by atoms with E-state index >= 15 is 0 Å². The molecule has 3 aliphatic rings. The molecule has 4 atom stereocenters. The van der Waals surface area contributed by atoms with Gasteiger partial charge in [0, 0.05) is 24.0 Å². The molecule has 27 heavy (non-hydrogen) atoms. The fourth-order valence-corrected chi connectivity index (χ4v) is 5.57. The Morgan fingerprint density at radius 2 is 2.07 bits per heavy atom. The number of nitrogens with one attached hydrogen (secondary N) is 3. The van der Waals surface area contributed by atoms with E-state index in [0.717, 1.165) is 31.4 Å². The highest BCUT2D eigenvalue weighted by Crippen LogP contribution is 2.33. The standard InChI is InChI=1S/C17H26N4O5S/c22-13(21-7-3-4-11(21)16(25)18-8-14(23)24)6-2-1-5-12-15-10(9-27-12)19-17(26)20-15/h10-12,15H,1-9H2,(H,18,25)(H,23,24)(H2,19,20,26)/t10-,11-,12-,15-/m0/s1. The van der Waals surface area contributed by atoms with Crippen LogP contribution in [0.1, 0.15) is 38.5 Å². The topological polar surface area (TPSA) is 128 Å². The SMILES string of the molecule is O=C(O)CNC(=O)[C@@H]1CCCN1C(=O)CCCC[C@@H]1SC[C@@H]2NC(=O)N[C@@H]21. The Morgan fingerprint density at radius 1 is 1.26 bits per heavy atom. The lowest BCUT2D eigenvalue weighted by atomic mass is 10.0. The van der Waals surface area contributed by atoms with Crippen molar-refractivity contribution < 1.29 is 24.3 Å². The van der Waals surface area contributed by atoms with Crippen molar-refractivity contribution in [2.75, 3.05) is 18.8 Å². The summed E-state index contributed by atoms with van der Waals surface area (Å²) >= 11 is 1.86. The lowest BCUT2D eigenvalue weighted by Crippen LogP contribution is -2.47. The van der Waals surface area contributed by atoms with Gasteiger partial charge in [0.15, 0.2) is 0 Å². The van der Waals surface area contributed by atoms with Crippen molar-refractivity contribution >= 4 is 35.6 Å². The Hall–Kier alpha value is -1.97. The van der Waals surface area contributed by atoms with E-state index in [4.69, 9.17) is 5.11 Å². The van der Waals surface area contributed by atoms with Gasteiger partial charge in [0.2, 0.25) is 11.8 Å². The molecule has 3 fully saturated rings. The number of carbonyl (C=O) groups excluding carboxylic acids is 3. The normalized spacial score (nSPS) is 29.2. The minimum atomic E-state index is -1.10. The first kappa shape index (κ1) is 19.8. The maximum atomic E-state index is 12.5. The first-order chi connectivity index (χ1) is 13.0. The van der Waals surface area contributed by atoms with Gasteiger partial charge in [-0.05, 0) is 25.7 Å². The van der Waals surface area contributed by atoms with Crippen LogP contribution in [0.25, 0.3) is 0 Å². The molecule has 3 aliphatic heterocycles. The summed E-state index contributed by atoms with van der Waals surface area (Å²) in [6.45, 7) is 0.119. The fraction of sp³-hybridized carbons (Fsp3) is 0.765. The number of carboxylic acids is 1. The molecule has 4 N–H and O–H groups in total. The molecule has 0 aromatic carbocycles. The maximum Gasteiger partial charge on any atom is 0.322 e. The number of likely N-dealkylation sites (tertiary alicyclic amines) is 1. The van der Waals surface area contributed by atoms with Crippen LogP contribution in [-0.4, -0.2) is 76.0 Å². The number of carbonyl (C=O) groups is 4. The molecule has 0 spiro atoms. The average molecular weight is 398 g/mol. The molecular weight excluding hydrogens is 372 g/mol. The van der Waals surface area contributed by atoms with E-state index in [0.29, 0.717) is 24.6 Å². The van der Waals surface area contributed by atoms with Crippen LogP contribution < -0.4 is 16.0 Å². The zero-order valence-corrected chi connectivity index (χ0v) is 15.9. The number of urea groups is 1. The van der Waals surface area contributed by atoms with Crippen molar-refractivity contribution in [3.05, 3.63) is 0 Å². The van der Waals surface area contributed by atoms with Crippen LogP contribution in [-0.2, 0) is 14.4 Å². The molecule has 0 saturated carbocycles. The Labute approximate surface area is 162 Å². The first-order valence-electron chi connectivity index (χ1n) is 9.43. The Kier molecular flexibility index (Phi) is 6.46. The summed E-state index contributed by atoms with van der Waals surface area (Å²) in [5.74, 6) is -0.606. The van der Waals surface area contributed by atoms with Gasteiger partial charge in [-0.25, -0.2) is 4.79 Å². The second-order valence-electron chi connectivity index (χ2n) is 7.22. The van der Waals surface area contributed by atoms with Crippen LogP contribution in [0.3, 0.4) is 0 Å². The van der Waals surface area contributed by atoms with Crippen LogP contribution in [0.15, 0.2) is 0 Å². The molecule has 10 heteroatoms. The summed E-state index contributed by atoms with van der Waals surface area (Å²) in [7, 11) is 0. The van der Waals surface area contributed by atoms with Crippen molar-refractivity contribution in [1.82, 2.24) is 20.9 Å². The summed E-state index contributed by atoms with van der Waals surface area (Å²) < 4.78 is 0. The summed E-state index contributed by atoms with van der Waals surface area (Å²) in [4.78, 5) is 48.1. The van der Waals surface area contributed by atoms with Crippen molar-refractivity contribution in [2.24, 2.45) is 0 Å². The van der Waals surface area contributed by atoms with Gasteiger partial charge in [-0.2, -0.15) is 11.8 Å². The lowest BCUT2D eigenvalue weighted by Gasteiger charge is -2.24. The van der Waals surface area contributed by atoms with E-state index in [-0.39, 0.29) is 29.9 Å². The third-order valence-corrected chi connectivity index (χ3v) is 6.87. The predicted octanol–water partition coefficient (Wildman–Crippen LogP) is -0.0960. The molecular formula is C17H26N4O5S. The summed E-state index contributed by atoms with van der Waals surface area (Å²) in [6.07, 6.45) is 4.31. The van der Waals surface area contributed by atoms with Crippen molar-refractivity contribution in [2.45, 2.75) is 61.9 Å². The minimum Gasteiger partial charge on any atom is -0.480 e. The highest BCUT2D eigenvalue weighted by Gasteiger charge is 2.42. The smallest absolute Gasteiger partial charge is 0.322 e. The van der Waals surface area contributed by atoms with Crippen LogP contribution >= 0.6 is 11.8 Å². The molecule has 3 rings (SSSR count). The van der Waals surface area contributed by atoms with Gasteiger partial charge in [-0.3, -0.25) is 14.4 Å².